The van der Waals surface area contributed by atoms with E-state index in [0.29, 0.717) is 6.61 Å². The van der Waals surface area contributed by atoms with E-state index in [0.717, 1.165) is 41.1 Å². The molecule has 0 N–H and O–H groups in total. The van der Waals surface area contributed by atoms with Crippen molar-refractivity contribution in [3.05, 3.63) is 42.2 Å². The van der Waals surface area contributed by atoms with E-state index in [9.17, 15) is 0 Å². The lowest BCUT2D eigenvalue weighted by molar-refractivity contribution is 0.0637. The van der Waals surface area contributed by atoms with Crippen molar-refractivity contribution >= 4 is 11.8 Å². The van der Waals surface area contributed by atoms with Crippen molar-refractivity contribution in [1.82, 2.24) is 14.9 Å². The smallest absolute Gasteiger partial charge is 0.187 e. The highest BCUT2D eigenvalue weighted by Gasteiger charge is 2.21. The zero-order chi connectivity index (χ0) is 16.1. The first-order valence-electron chi connectivity index (χ1n) is 7.75. The summed E-state index contributed by atoms with van der Waals surface area (Å²) in [5, 5.41) is 0.833. The third-order valence-corrected chi connectivity index (χ3v) is 4.25. The van der Waals surface area contributed by atoms with E-state index in [1.165, 1.54) is 0 Å². The highest BCUT2D eigenvalue weighted by molar-refractivity contribution is 7.99. The minimum Gasteiger partial charge on any atom is -0.486 e. The summed E-state index contributed by atoms with van der Waals surface area (Å²) in [5.74, 6) is 2.63. The fourth-order valence-electron chi connectivity index (χ4n) is 2.51. The molecule has 1 aromatic carbocycles. The number of nitrogens with zero attached hydrogens (tertiary/aromatic N) is 3. The molecule has 122 valence electrons. The van der Waals surface area contributed by atoms with E-state index >= 15 is 0 Å². The van der Waals surface area contributed by atoms with Crippen LogP contribution in [-0.4, -0.2) is 46.9 Å². The van der Waals surface area contributed by atoms with Crippen LogP contribution < -0.4 is 9.47 Å². The van der Waals surface area contributed by atoms with Crippen LogP contribution in [0.3, 0.4) is 0 Å². The fourth-order valence-corrected chi connectivity index (χ4v) is 3.02. The molecule has 0 saturated heterocycles. The van der Waals surface area contributed by atoms with Crippen molar-refractivity contribution in [2.45, 2.75) is 24.7 Å². The molecule has 2 aromatic rings. The van der Waals surface area contributed by atoms with E-state index in [4.69, 9.17) is 9.47 Å². The quantitative estimate of drug-likeness (QED) is 0.599. The second-order valence-electron chi connectivity index (χ2n) is 5.50. The van der Waals surface area contributed by atoms with Gasteiger partial charge in [0.1, 0.15) is 12.7 Å². The summed E-state index contributed by atoms with van der Waals surface area (Å²) < 4.78 is 11.7. The molecule has 1 atom stereocenters. The highest BCUT2D eigenvalue weighted by Crippen LogP contribution is 2.31. The predicted molar refractivity (Wildman–Crippen MR) is 91.1 cm³/mol. The van der Waals surface area contributed by atoms with Gasteiger partial charge >= 0.3 is 0 Å². The molecule has 1 aliphatic rings. The van der Waals surface area contributed by atoms with Crippen molar-refractivity contribution < 1.29 is 9.47 Å². The van der Waals surface area contributed by atoms with Gasteiger partial charge in [-0.2, -0.15) is 0 Å². The van der Waals surface area contributed by atoms with E-state index < -0.39 is 0 Å². The standard InChI is InChI=1S/C17H21N3O2S/c1-3-23-17-18-8-13(9-19-17)10-20(2)11-14-12-21-15-6-4-5-7-16(15)22-14/h4-9,14H,3,10-12H2,1-2H3/t14-/m1/s1. The number of rotatable bonds is 6. The summed E-state index contributed by atoms with van der Waals surface area (Å²) in [7, 11) is 2.07. The largest absolute Gasteiger partial charge is 0.486 e. The molecule has 3 rings (SSSR count). The molecule has 0 unspecified atom stereocenters. The van der Waals surface area contributed by atoms with Crippen LogP contribution in [0.25, 0.3) is 0 Å². The maximum Gasteiger partial charge on any atom is 0.187 e. The van der Waals surface area contributed by atoms with Gasteiger partial charge in [-0.15, -0.1) is 0 Å². The number of ether oxygens (including phenoxy) is 2. The summed E-state index contributed by atoms with van der Waals surface area (Å²) in [4.78, 5) is 10.9. The van der Waals surface area contributed by atoms with Gasteiger partial charge in [0.15, 0.2) is 16.7 Å². The Hall–Kier alpha value is -1.79. The highest BCUT2D eigenvalue weighted by atomic mass is 32.2. The number of para-hydroxylation sites is 2. The molecule has 0 spiro atoms. The summed E-state index contributed by atoms with van der Waals surface area (Å²) in [6.07, 6.45) is 3.83. The van der Waals surface area contributed by atoms with Gasteiger partial charge in [0.2, 0.25) is 0 Å². The van der Waals surface area contributed by atoms with Crippen LogP contribution in [0.4, 0.5) is 0 Å². The van der Waals surface area contributed by atoms with Crippen molar-refractivity contribution in [1.29, 1.82) is 0 Å². The van der Waals surface area contributed by atoms with Gasteiger partial charge in [0, 0.05) is 31.0 Å². The SMILES string of the molecule is CCSc1ncc(CN(C)C[C@@H]2COc3ccccc3O2)cn1. The van der Waals surface area contributed by atoms with Gasteiger partial charge in [-0.3, -0.25) is 4.90 Å². The lowest BCUT2D eigenvalue weighted by Gasteiger charge is -2.29. The van der Waals surface area contributed by atoms with Gasteiger partial charge in [-0.1, -0.05) is 30.8 Å². The maximum atomic E-state index is 5.99. The summed E-state index contributed by atoms with van der Waals surface area (Å²) in [6.45, 7) is 4.25. The molecule has 0 bridgehead atoms. The molecule has 0 radical (unpaired) electrons. The Bertz CT molecular complexity index is 636. The minimum atomic E-state index is 0.0331. The Morgan fingerprint density at radius 3 is 2.70 bits per heavy atom. The van der Waals surface area contributed by atoms with Crippen molar-refractivity contribution in [2.75, 3.05) is 26.0 Å². The number of hydrogen-bond donors (Lipinski definition) is 0. The average Bonchev–Trinajstić information content (AvgIpc) is 2.57. The molecule has 23 heavy (non-hydrogen) atoms. The van der Waals surface area contributed by atoms with E-state index in [1.807, 2.05) is 36.7 Å². The third kappa shape index (κ3) is 4.36. The topological polar surface area (TPSA) is 47.5 Å². The first kappa shape index (κ1) is 16.1. The Morgan fingerprint density at radius 2 is 1.96 bits per heavy atom. The fraction of sp³-hybridized carbons (Fsp3) is 0.412. The Labute approximate surface area is 141 Å². The summed E-state index contributed by atoms with van der Waals surface area (Å²) in [6, 6.07) is 7.79. The molecule has 2 heterocycles. The maximum absolute atomic E-state index is 5.99. The zero-order valence-electron chi connectivity index (χ0n) is 13.4. The van der Waals surface area contributed by atoms with Crippen molar-refractivity contribution in [3.8, 4) is 11.5 Å². The number of fused-ring (bicyclic) bond motifs is 1. The van der Waals surface area contributed by atoms with E-state index in [2.05, 4.69) is 28.8 Å². The normalized spacial score (nSPS) is 16.6. The number of aromatic nitrogens is 2. The molecule has 0 fully saturated rings. The lowest BCUT2D eigenvalue weighted by Crippen LogP contribution is -2.39. The summed E-state index contributed by atoms with van der Waals surface area (Å²) in [5.41, 5.74) is 1.10. The van der Waals surface area contributed by atoms with Gasteiger partial charge in [0.25, 0.3) is 0 Å². The summed E-state index contributed by atoms with van der Waals surface area (Å²) >= 11 is 1.65. The van der Waals surface area contributed by atoms with Gasteiger partial charge < -0.3 is 9.47 Å². The Morgan fingerprint density at radius 1 is 1.22 bits per heavy atom. The molecule has 0 amide bonds. The van der Waals surface area contributed by atoms with Crippen molar-refractivity contribution in [2.24, 2.45) is 0 Å². The molecule has 6 heteroatoms. The first-order valence-corrected chi connectivity index (χ1v) is 8.74. The zero-order valence-corrected chi connectivity index (χ0v) is 14.3. The molecular formula is C17H21N3O2S. The van der Waals surface area contributed by atoms with Crippen LogP contribution in [0, 0.1) is 0 Å². The van der Waals surface area contributed by atoms with Crippen LogP contribution in [0.2, 0.25) is 0 Å². The molecule has 0 aliphatic carbocycles. The average molecular weight is 331 g/mol. The number of benzene rings is 1. The van der Waals surface area contributed by atoms with Crippen LogP contribution >= 0.6 is 11.8 Å². The van der Waals surface area contributed by atoms with Crippen LogP contribution in [0.1, 0.15) is 12.5 Å². The molecular weight excluding hydrogens is 310 g/mol. The van der Waals surface area contributed by atoms with Crippen LogP contribution in [-0.2, 0) is 6.54 Å². The molecule has 0 saturated carbocycles. The van der Waals surface area contributed by atoms with Gasteiger partial charge in [-0.05, 0) is 24.9 Å². The van der Waals surface area contributed by atoms with Gasteiger partial charge in [0.05, 0.1) is 0 Å². The molecule has 5 nitrogen and oxygen atoms in total. The Balaban J connectivity index is 1.52. The predicted octanol–water partition coefficient (Wildman–Crippen LogP) is 2.86. The number of hydrogen-bond acceptors (Lipinski definition) is 6. The molecule has 1 aliphatic heterocycles. The van der Waals surface area contributed by atoms with Crippen LogP contribution in [0.15, 0.2) is 41.8 Å². The lowest BCUT2D eigenvalue weighted by atomic mass is 10.2. The number of thioether (sulfide) groups is 1. The second kappa shape index (κ2) is 7.66. The first-order chi connectivity index (χ1) is 11.2. The second-order valence-corrected chi connectivity index (χ2v) is 6.73. The van der Waals surface area contributed by atoms with E-state index in [1.54, 1.807) is 11.8 Å². The monoisotopic (exact) mass is 331 g/mol. The minimum absolute atomic E-state index is 0.0331. The van der Waals surface area contributed by atoms with Crippen molar-refractivity contribution in [3.63, 3.8) is 0 Å². The molecule has 1 aromatic heterocycles. The number of likely N-dealkylation sites (N-methyl/N-ethyl adjacent to an activating group) is 1. The van der Waals surface area contributed by atoms with E-state index in [-0.39, 0.29) is 6.10 Å². The van der Waals surface area contributed by atoms with Crippen LogP contribution in [0.5, 0.6) is 11.5 Å². The van der Waals surface area contributed by atoms with Gasteiger partial charge in [-0.25, -0.2) is 9.97 Å². The Kier molecular flexibility index (Phi) is 5.35. The third-order valence-electron chi connectivity index (χ3n) is 3.49.